The van der Waals surface area contributed by atoms with Crippen molar-refractivity contribution in [1.29, 1.82) is 0 Å². The zero-order chi connectivity index (χ0) is 25.2. The van der Waals surface area contributed by atoms with E-state index >= 15 is 0 Å². The first-order valence-electron chi connectivity index (χ1n) is 11.6. The second-order valence-corrected chi connectivity index (χ2v) is 8.42. The molecule has 0 aliphatic carbocycles. The van der Waals surface area contributed by atoms with Crippen LogP contribution in [0.2, 0.25) is 0 Å². The molecule has 0 bridgehead atoms. The molecule has 36 heavy (non-hydrogen) atoms. The number of aryl methyl sites for hydroxylation is 1. The maximum Gasteiger partial charge on any atom is 0.270 e. The number of fused-ring (bicyclic) bond motifs is 1. The third-order valence-corrected chi connectivity index (χ3v) is 6.13. The number of carbonyl (C=O) groups excluding carboxylic acids is 1. The molecule has 3 aromatic carbocycles. The number of ether oxygens (including phenoxy) is 1. The van der Waals surface area contributed by atoms with E-state index in [1.165, 1.54) is 18.2 Å². The Morgan fingerprint density at radius 2 is 1.94 bits per heavy atom. The fourth-order valence-corrected chi connectivity index (χ4v) is 4.19. The highest BCUT2D eigenvalue weighted by atomic mass is 16.6. The topological polar surface area (TPSA) is 131 Å². The SMILES string of the molecule is CCc1ccc2oc(-c3cc(NC(=O)c4cc([N+](=O)[O-])ccc4N4CCOCC4)ccc3O)nc2c1. The molecule has 2 N–H and O–H groups in total. The molecule has 5 rings (SSSR count). The molecule has 0 atom stereocenters. The maximum atomic E-state index is 13.3. The van der Waals surface area contributed by atoms with Gasteiger partial charge in [-0.25, -0.2) is 4.98 Å². The maximum absolute atomic E-state index is 13.3. The van der Waals surface area contributed by atoms with Crippen LogP contribution in [0.1, 0.15) is 22.8 Å². The zero-order valence-electron chi connectivity index (χ0n) is 19.6. The molecule has 0 radical (unpaired) electrons. The van der Waals surface area contributed by atoms with Crippen LogP contribution in [0.25, 0.3) is 22.6 Å². The lowest BCUT2D eigenvalue weighted by molar-refractivity contribution is -0.384. The number of benzene rings is 3. The number of morpholine rings is 1. The van der Waals surface area contributed by atoms with Crippen molar-refractivity contribution in [2.75, 3.05) is 36.5 Å². The molecular formula is C26H24N4O6. The van der Waals surface area contributed by atoms with Gasteiger partial charge in [0.15, 0.2) is 5.58 Å². The number of nitro groups is 1. The molecule has 1 fully saturated rings. The Morgan fingerprint density at radius 3 is 2.69 bits per heavy atom. The van der Waals surface area contributed by atoms with Crippen molar-refractivity contribution in [2.45, 2.75) is 13.3 Å². The normalized spacial score (nSPS) is 13.6. The summed E-state index contributed by atoms with van der Waals surface area (Å²) in [5, 5.41) is 24.6. The number of oxazole rings is 1. The minimum atomic E-state index is -0.532. The average molecular weight is 489 g/mol. The van der Waals surface area contributed by atoms with Crippen molar-refractivity contribution in [2.24, 2.45) is 0 Å². The first kappa shape index (κ1) is 23.3. The Balaban J connectivity index is 1.47. The van der Waals surface area contributed by atoms with Crippen LogP contribution in [0.3, 0.4) is 0 Å². The van der Waals surface area contributed by atoms with Crippen LogP contribution >= 0.6 is 0 Å². The Labute approximate surface area is 206 Å². The van der Waals surface area contributed by atoms with E-state index in [0.29, 0.717) is 54.3 Å². The minimum absolute atomic E-state index is 0.0559. The summed E-state index contributed by atoms with van der Waals surface area (Å²) in [6, 6.07) is 14.5. The lowest BCUT2D eigenvalue weighted by Gasteiger charge is -2.30. The van der Waals surface area contributed by atoms with Gasteiger partial charge in [-0.15, -0.1) is 0 Å². The Bertz CT molecular complexity index is 1460. The summed E-state index contributed by atoms with van der Waals surface area (Å²) in [6.07, 6.45) is 0.856. The smallest absolute Gasteiger partial charge is 0.270 e. The van der Waals surface area contributed by atoms with Crippen LogP contribution in [0.5, 0.6) is 5.75 Å². The number of hydrogen-bond donors (Lipinski definition) is 2. The number of nitrogens with zero attached hydrogens (tertiary/aromatic N) is 3. The molecule has 2 heterocycles. The lowest BCUT2D eigenvalue weighted by atomic mass is 10.1. The second-order valence-electron chi connectivity index (χ2n) is 8.42. The van der Waals surface area contributed by atoms with E-state index in [0.717, 1.165) is 12.0 Å². The average Bonchev–Trinajstić information content (AvgIpc) is 3.33. The molecular weight excluding hydrogens is 464 g/mol. The van der Waals surface area contributed by atoms with Crippen molar-refractivity contribution in [3.63, 3.8) is 0 Å². The van der Waals surface area contributed by atoms with Gasteiger partial charge in [-0.1, -0.05) is 13.0 Å². The minimum Gasteiger partial charge on any atom is -0.507 e. The number of phenols is 1. The van der Waals surface area contributed by atoms with E-state index in [4.69, 9.17) is 9.15 Å². The van der Waals surface area contributed by atoms with Gasteiger partial charge >= 0.3 is 0 Å². The van der Waals surface area contributed by atoms with Crippen LogP contribution in [0.4, 0.5) is 17.1 Å². The summed E-state index contributed by atoms with van der Waals surface area (Å²) in [7, 11) is 0. The van der Waals surface area contributed by atoms with E-state index < -0.39 is 10.8 Å². The largest absolute Gasteiger partial charge is 0.507 e. The quantitative estimate of drug-likeness (QED) is 0.226. The number of aromatic hydroxyl groups is 1. The van der Waals surface area contributed by atoms with Crippen molar-refractivity contribution < 1.29 is 24.0 Å². The van der Waals surface area contributed by atoms with Gasteiger partial charge in [0.25, 0.3) is 11.6 Å². The Kier molecular flexibility index (Phi) is 6.26. The molecule has 0 saturated carbocycles. The lowest BCUT2D eigenvalue weighted by Crippen LogP contribution is -2.37. The highest BCUT2D eigenvalue weighted by Crippen LogP contribution is 2.34. The number of carbonyl (C=O) groups is 1. The molecule has 184 valence electrons. The van der Waals surface area contributed by atoms with Gasteiger partial charge < -0.3 is 24.5 Å². The standard InChI is InChI=1S/C26H24N4O6/c1-2-16-3-8-24-21(13-16)28-26(36-24)20-14-17(4-7-23(20)31)27-25(32)19-15-18(30(33)34)5-6-22(19)29-9-11-35-12-10-29/h3-8,13-15,31H,2,9-12H2,1H3,(H,27,32). The second kappa shape index (κ2) is 9.67. The predicted molar refractivity (Wildman–Crippen MR) is 135 cm³/mol. The fourth-order valence-electron chi connectivity index (χ4n) is 4.19. The molecule has 1 aromatic heterocycles. The fraction of sp³-hybridized carbons (Fsp3) is 0.231. The summed E-state index contributed by atoms with van der Waals surface area (Å²) in [5.41, 5.74) is 3.65. The van der Waals surface area contributed by atoms with E-state index in [9.17, 15) is 20.0 Å². The van der Waals surface area contributed by atoms with E-state index in [2.05, 4.69) is 10.3 Å². The molecule has 10 nitrogen and oxygen atoms in total. The van der Waals surface area contributed by atoms with Crippen LogP contribution in [0.15, 0.2) is 59.0 Å². The number of nitro benzene ring substituents is 1. The van der Waals surface area contributed by atoms with Gasteiger partial charge in [-0.05, 0) is 48.4 Å². The van der Waals surface area contributed by atoms with E-state index in [-0.39, 0.29) is 22.9 Å². The number of rotatable bonds is 6. The molecule has 1 aliphatic rings. The van der Waals surface area contributed by atoms with Gasteiger partial charge in [0, 0.05) is 30.9 Å². The van der Waals surface area contributed by atoms with Gasteiger partial charge in [-0.2, -0.15) is 0 Å². The highest BCUT2D eigenvalue weighted by Gasteiger charge is 2.23. The van der Waals surface area contributed by atoms with E-state index in [1.807, 2.05) is 30.0 Å². The molecule has 0 unspecified atom stereocenters. The Hall–Kier alpha value is -4.44. The first-order valence-corrected chi connectivity index (χ1v) is 11.6. The summed E-state index contributed by atoms with van der Waals surface area (Å²) in [5.74, 6) is -0.349. The molecule has 1 aliphatic heterocycles. The highest BCUT2D eigenvalue weighted by molar-refractivity contribution is 6.09. The van der Waals surface area contributed by atoms with Gasteiger partial charge in [-0.3, -0.25) is 14.9 Å². The van der Waals surface area contributed by atoms with Gasteiger partial charge in [0.1, 0.15) is 11.3 Å². The van der Waals surface area contributed by atoms with Crippen LogP contribution in [0, 0.1) is 10.1 Å². The van der Waals surface area contributed by atoms with Crippen molar-refractivity contribution in [3.05, 3.63) is 75.8 Å². The van der Waals surface area contributed by atoms with Gasteiger partial charge in [0.05, 0.1) is 35.0 Å². The summed E-state index contributed by atoms with van der Waals surface area (Å²) < 4.78 is 11.2. The van der Waals surface area contributed by atoms with Gasteiger partial charge in [0.2, 0.25) is 5.89 Å². The third kappa shape index (κ3) is 4.58. The molecule has 1 amide bonds. The molecule has 10 heteroatoms. The number of phenolic OH excluding ortho intramolecular Hbond substituents is 1. The number of aromatic nitrogens is 1. The first-order chi connectivity index (χ1) is 17.4. The summed E-state index contributed by atoms with van der Waals surface area (Å²) in [6.45, 7) is 4.19. The number of nitrogens with one attached hydrogen (secondary N) is 1. The molecule has 0 spiro atoms. The molecule has 1 saturated heterocycles. The Morgan fingerprint density at radius 1 is 1.14 bits per heavy atom. The summed E-state index contributed by atoms with van der Waals surface area (Å²) in [4.78, 5) is 30.6. The number of anilines is 2. The monoisotopic (exact) mass is 488 g/mol. The zero-order valence-corrected chi connectivity index (χ0v) is 19.6. The van der Waals surface area contributed by atoms with Crippen LogP contribution < -0.4 is 10.2 Å². The van der Waals surface area contributed by atoms with Crippen molar-refractivity contribution in [1.82, 2.24) is 4.98 Å². The van der Waals surface area contributed by atoms with Crippen LogP contribution in [-0.2, 0) is 11.2 Å². The van der Waals surface area contributed by atoms with Crippen molar-refractivity contribution >= 4 is 34.1 Å². The number of hydrogen-bond acceptors (Lipinski definition) is 8. The third-order valence-electron chi connectivity index (χ3n) is 6.13. The number of non-ortho nitro benzene ring substituents is 1. The van der Waals surface area contributed by atoms with E-state index in [1.54, 1.807) is 18.2 Å². The predicted octanol–water partition coefficient (Wildman–Crippen LogP) is 4.76. The number of amides is 1. The van der Waals surface area contributed by atoms with Crippen molar-refractivity contribution in [3.8, 4) is 17.2 Å². The van der Waals surface area contributed by atoms with Crippen LogP contribution in [-0.4, -0.2) is 47.2 Å². The summed E-state index contributed by atoms with van der Waals surface area (Å²) >= 11 is 0. The molecule has 4 aromatic rings.